The molecule has 2 atom stereocenters. The summed E-state index contributed by atoms with van der Waals surface area (Å²) in [6, 6.07) is 15.5. The topological polar surface area (TPSA) is 59.1 Å². The summed E-state index contributed by atoms with van der Waals surface area (Å²) in [5.74, 6) is 1.63. The smallest absolute Gasteiger partial charge is 0.257 e. The number of carbonyl (C=O) groups excluding carboxylic acids is 2. The van der Waals surface area contributed by atoms with E-state index in [0.717, 1.165) is 62.8 Å². The van der Waals surface area contributed by atoms with Crippen LogP contribution in [0.2, 0.25) is 0 Å². The summed E-state index contributed by atoms with van der Waals surface area (Å²) in [5.41, 5.74) is 1.66. The van der Waals surface area contributed by atoms with Crippen LogP contribution in [0.1, 0.15) is 67.3 Å². The Hall–Kier alpha value is -3.02. The minimum absolute atomic E-state index is 0.00283. The van der Waals surface area contributed by atoms with Crippen LogP contribution in [0.4, 0.5) is 0 Å². The molecule has 0 aromatic heterocycles. The summed E-state index contributed by atoms with van der Waals surface area (Å²) < 4.78 is 12.0. The minimum Gasteiger partial charge on any atom is -0.496 e. The Balaban J connectivity index is 1.57. The molecular weight excluding hydrogens is 440 g/mol. The summed E-state index contributed by atoms with van der Waals surface area (Å²) in [5, 5.41) is 0. The second-order valence-electron chi connectivity index (χ2n) is 9.69. The van der Waals surface area contributed by atoms with Gasteiger partial charge in [0, 0.05) is 26.6 Å². The molecule has 0 bridgehead atoms. The lowest BCUT2D eigenvalue weighted by Crippen LogP contribution is -2.51. The van der Waals surface area contributed by atoms with Crippen molar-refractivity contribution in [3.8, 4) is 11.5 Å². The maximum Gasteiger partial charge on any atom is 0.257 e. The molecule has 2 amide bonds. The van der Waals surface area contributed by atoms with Crippen LogP contribution in [-0.4, -0.2) is 61.0 Å². The summed E-state index contributed by atoms with van der Waals surface area (Å²) >= 11 is 0. The highest BCUT2D eigenvalue weighted by molar-refractivity contribution is 5.96. The van der Waals surface area contributed by atoms with E-state index in [1.165, 1.54) is 0 Å². The van der Waals surface area contributed by atoms with Gasteiger partial charge in [-0.3, -0.25) is 9.59 Å². The van der Waals surface area contributed by atoms with Gasteiger partial charge in [-0.15, -0.1) is 0 Å². The Morgan fingerprint density at radius 2 is 1.71 bits per heavy atom. The van der Waals surface area contributed by atoms with Gasteiger partial charge in [0.25, 0.3) is 5.91 Å². The number of para-hydroxylation sites is 2. The van der Waals surface area contributed by atoms with Gasteiger partial charge in [-0.1, -0.05) is 36.8 Å². The second kappa shape index (κ2) is 12.1. The van der Waals surface area contributed by atoms with Gasteiger partial charge in [0.1, 0.15) is 17.6 Å². The van der Waals surface area contributed by atoms with E-state index >= 15 is 0 Å². The molecule has 188 valence electrons. The summed E-state index contributed by atoms with van der Waals surface area (Å²) in [7, 11) is 3.53. The molecule has 2 aliphatic rings. The monoisotopic (exact) mass is 478 g/mol. The number of nitrogens with zero attached hydrogens (tertiary/aromatic N) is 2. The Morgan fingerprint density at radius 3 is 2.57 bits per heavy atom. The molecule has 2 aromatic rings. The number of rotatable bonds is 4. The summed E-state index contributed by atoms with van der Waals surface area (Å²) in [6.07, 6.45) is 7.79. The van der Waals surface area contributed by atoms with Crippen LogP contribution in [0.25, 0.3) is 0 Å². The van der Waals surface area contributed by atoms with E-state index in [4.69, 9.17) is 9.47 Å². The van der Waals surface area contributed by atoms with E-state index < -0.39 is 0 Å². The fourth-order valence-corrected chi connectivity index (χ4v) is 5.37. The number of hydrogen-bond acceptors (Lipinski definition) is 4. The largest absolute Gasteiger partial charge is 0.496 e. The number of methoxy groups -OCH3 is 1. The van der Waals surface area contributed by atoms with Gasteiger partial charge >= 0.3 is 0 Å². The normalized spacial score (nSPS) is 21.5. The number of carbonyl (C=O) groups is 2. The number of benzene rings is 2. The third kappa shape index (κ3) is 6.16. The molecule has 1 saturated carbocycles. The number of fused-ring (bicyclic) bond motifs is 2. The lowest BCUT2D eigenvalue weighted by molar-refractivity contribution is -0.136. The molecule has 1 aliphatic carbocycles. The van der Waals surface area contributed by atoms with Gasteiger partial charge in [0.15, 0.2) is 0 Å². The first-order valence-electron chi connectivity index (χ1n) is 13.0. The van der Waals surface area contributed by atoms with Gasteiger partial charge < -0.3 is 19.3 Å². The van der Waals surface area contributed by atoms with Gasteiger partial charge in [-0.25, -0.2) is 0 Å². The van der Waals surface area contributed by atoms with Gasteiger partial charge in [0.05, 0.1) is 18.7 Å². The van der Waals surface area contributed by atoms with Crippen LogP contribution in [0.5, 0.6) is 11.5 Å². The van der Waals surface area contributed by atoms with E-state index in [1.807, 2.05) is 55.6 Å². The zero-order valence-electron chi connectivity index (χ0n) is 21.1. The van der Waals surface area contributed by atoms with Crippen molar-refractivity contribution in [3.63, 3.8) is 0 Å². The van der Waals surface area contributed by atoms with Gasteiger partial charge in [-0.2, -0.15) is 0 Å². The predicted octanol–water partition coefficient (Wildman–Crippen LogP) is 5.10. The van der Waals surface area contributed by atoms with Crippen molar-refractivity contribution in [2.75, 3.05) is 27.2 Å². The molecule has 6 heteroatoms. The molecule has 0 unspecified atom stereocenters. The quantitative estimate of drug-likeness (QED) is 0.613. The standard InChI is InChI=1S/C29H38N2O4/c1-30-20-10-3-11-21-31(28(32)19-18-22-12-4-7-15-25(22)34-2)24-14-6-9-17-27(24)35-26-16-8-5-13-23(26)29(30)33/h4-5,7-8,12-13,15-16,24,27H,3,6,9-11,14,17-21H2,1-2H3/t24-,27+/m1/s1. The molecule has 1 heterocycles. The molecule has 1 fully saturated rings. The van der Waals surface area contributed by atoms with Crippen molar-refractivity contribution >= 4 is 11.8 Å². The fourth-order valence-electron chi connectivity index (χ4n) is 5.37. The van der Waals surface area contributed by atoms with Crippen LogP contribution >= 0.6 is 0 Å². The van der Waals surface area contributed by atoms with E-state index in [1.54, 1.807) is 12.0 Å². The Kier molecular flexibility index (Phi) is 8.67. The fraction of sp³-hybridized carbons (Fsp3) is 0.517. The SMILES string of the molecule is COc1ccccc1CCC(=O)N1CCCCCN(C)C(=O)c2ccccc2O[C@H]2CCCC[C@H]21. The number of ether oxygens (including phenoxy) is 2. The van der Waals surface area contributed by atoms with Crippen LogP contribution < -0.4 is 9.47 Å². The second-order valence-corrected chi connectivity index (χ2v) is 9.69. The Labute approximate surface area is 209 Å². The maximum atomic E-state index is 13.6. The maximum absolute atomic E-state index is 13.6. The zero-order chi connectivity index (χ0) is 24.6. The first-order chi connectivity index (χ1) is 17.1. The molecule has 0 radical (unpaired) electrons. The van der Waals surface area contributed by atoms with Gasteiger partial charge in [0.2, 0.25) is 5.91 Å². The number of aryl methyl sites for hydroxylation is 1. The van der Waals surface area contributed by atoms with Crippen LogP contribution in [0.15, 0.2) is 48.5 Å². The van der Waals surface area contributed by atoms with E-state index in [0.29, 0.717) is 30.7 Å². The molecule has 0 saturated heterocycles. The molecule has 6 nitrogen and oxygen atoms in total. The van der Waals surface area contributed by atoms with E-state index in [2.05, 4.69) is 4.90 Å². The molecule has 0 N–H and O–H groups in total. The Morgan fingerprint density at radius 1 is 0.971 bits per heavy atom. The molecule has 4 rings (SSSR count). The average molecular weight is 479 g/mol. The molecule has 1 aliphatic heterocycles. The average Bonchev–Trinajstić information content (AvgIpc) is 2.90. The van der Waals surface area contributed by atoms with Crippen molar-refractivity contribution in [2.24, 2.45) is 0 Å². The minimum atomic E-state index is -0.112. The number of hydrogen-bond donors (Lipinski definition) is 0. The van der Waals surface area contributed by atoms with Crippen LogP contribution in [0.3, 0.4) is 0 Å². The highest BCUT2D eigenvalue weighted by Crippen LogP contribution is 2.31. The number of amides is 2. The van der Waals surface area contributed by atoms with Crippen molar-refractivity contribution in [1.29, 1.82) is 0 Å². The lowest BCUT2D eigenvalue weighted by Gasteiger charge is -2.40. The summed E-state index contributed by atoms with van der Waals surface area (Å²) in [4.78, 5) is 30.6. The molecule has 0 spiro atoms. The molecule has 2 aromatic carbocycles. The van der Waals surface area contributed by atoms with Gasteiger partial charge in [-0.05, 0) is 68.7 Å². The van der Waals surface area contributed by atoms with Crippen LogP contribution in [0, 0.1) is 0 Å². The van der Waals surface area contributed by atoms with Crippen molar-refractivity contribution in [1.82, 2.24) is 9.80 Å². The predicted molar refractivity (Wildman–Crippen MR) is 137 cm³/mol. The third-order valence-corrected chi connectivity index (χ3v) is 7.32. The van der Waals surface area contributed by atoms with Crippen molar-refractivity contribution in [3.05, 3.63) is 59.7 Å². The van der Waals surface area contributed by atoms with Crippen LogP contribution in [-0.2, 0) is 11.2 Å². The molecular formula is C29H38N2O4. The highest BCUT2D eigenvalue weighted by atomic mass is 16.5. The highest BCUT2D eigenvalue weighted by Gasteiger charge is 2.35. The van der Waals surface area contributed by atoms with Crippen molar-refractivity contribution < 1.29 is 19.1 Å². The Bertz CT molecular complexity index is 1010. The first kappa shape index (κ1) is 25.1. The third-order valence-electron chi connectivity index (χ3n) is 7.32. The zero-order valence-corrected chi connectivity index (χ0v) is 21.1. The first-order valence-corrected chi connectivity index (χ1v) is 13.0. The molecule has 35 heavy (non-hydrogen) atoms. The van der Waals surface area contributed by atoms with E-state index in [9.17, 15) is 9.59 Å². The van der Waals surface area contributed by atoms with E-state index in [-0.39, 0.29) is 24.0 Å². The van der Waals surface area contributed by atoms with Crippen molar-refractivity contribution in [2.45, 2.75) is 69.9 Å². The summed E-state index contributed by atoms with van der Waals surface area (Å²) in [6.45, 7) is 1.43. The lowest BCUT2D eigenvalue weighted by atomic mass is 9.90.